The molecule has 1 aliphatic carbocycles. The quantitative estimate of drug-likeness (QED) is 0.301. The third-order valence-corrected chi connectivity index (χ3v) is 3.42. The summed E-state index contributed by atoms with van der Waals surface area (Å²) in [6.07, 6.45) is -1.78. The van der Waals surface area contributed by atoms with Gasteiger partial charge in [0.15, 0.2) is 23.1 Å². The molecule has 0 atom stereocenters. The van der Waals surface area contributed by atoms with Crippen molar-refractivity contribution in [3.63, 3.8) is 0 Å². The molecular formula is C15H8O8. The Morgan fingerprint density at radius 3 is 2.22 bits per heavy atom. The topological polar surface area (TPSA) is 141 Å². The largest absolute Gasteiger partial charge is 0.511 e. The predicted octanol–water partition coefficient (Wildman–Crippen LogP) is 1.64. The minimum atomic E-state index is -1.78. The average Bonchev–Trinajstić information content (AvgIpc) is 2.48. The number of carboxylic acid groups (broad SMARTS) is 1. The number of benzene rings is 2. The Balaban J connectivity index is 2.32. The summed E-state index contributed by atoms with van der Waals surface area (Å²) in [7, 11) is 0. The van der Waals surface area contributed by atoms with Crippen molar-refractivity contribution < 1.29 is 39.5 Å². The van der Waals surface area contributed by atoms with Crippen LogP contribution in [0, 0.1) is 0 Å². The van der Waals surface area contributed by atoms with Gasteiger partial charge in [0.2, 0.25) is 5.75 Å². The third kappa shape index (κ3) is 1.96. The number of ketones is 2. The zero-order valence-electron chi connectivity index (χ0n) is 11.2. The zero-order valence-corrected chi connectivity index (χ0v) is 11.2. The van der Waals surface area contributed by atoms with E-state index in [-0.39, 0.29) is 16.7 Å². The Bertz CT molecular complexity index is 897. The molecule has 2 aromatic carbocycles. The number of rotatable bonds is 1. The fourth-order valence-electron chi connectivity index (χ4n) is 2.45. The normalized spacial score (nSPS) is 12.5. The van der Waals surface area contributed by atoms with Crippen LogP contribution in [-0.4, -0.2) is 38.1 Å². The molecule has 3 rings (SSSR count). The van der Waals surface area contributed by atoms with Gasteiger partial charge in [-0.3, -0.25) is 9.59 Å². The van der Waals surface area contributed by atoms with Crippen molar-refractivity contribution in [2.45, 2.75) is 0 Å². The smallest absolute Gasteiger partial charge is 0.507 e. The molecule has 0 fully saturated rings. The van der Waals surface area contributed by atoms with Gasteiger partial charge < -0.3 is 25.2 Å². The Morgan fingerprint density at radius 1 is 0.913 bits per heavy atom. The summed E-state index contributed by atoms with van der Waals surface area (Å²) in [6.45, 7) is 0. The summed E-state index contributed by atoms with van der Waals surface area (Å²) in [6, 6.07) is 4.68. The SMILES string of the molecule is O=C(O)Oc1cc2c(c(O)c1O)C(=O)c1cccc(O)c1C2=O. The summed E-state index contributed by atoms with van der Waals surface area (Å²) in [5, 5.41) is 38.1. The van der Waals surface area contributed by atoms with Crippen LogP contribution < -0.4 is 4.74 Å². The van der Waals surface area contributed by atoms with Crippen molar-refractivity contribution in [2.75, 3.05) is 0 Å². The van der Waals surface area contributed by atoms with Crippen molar-refractivity contribution in [3.05, 3.63) is 46.5 Å². The Labute approximate surface area is 127 Å². The molecule has 8 nitrogen and oxygen atoms in total. The summed E-state index contributed by atoms with van der Waals surface area (Å²) < 4.78 is 4.27. The summed E-state index contributed by atoms with van der Waals surface area (Å²) in [5.74, 6) is -4.67. The van der Waals surface area contributed by atoms with Crippen LogP contribution >= 0.6 is 0 Å². The lowest BCUT2D eigenvalue weighted by molar-refractivity contribution is 0.0973. The van der Waals surface area contributed by atoms with Gasteiger partial charge in [0, 0.05) is 11.1 Å². The first-order valence-electron chi connectivity index (χ1n) is 6.24. The number of hydrogen-bond donors (Lipinski definition) is 4. The maximum Gasteiger partial charge on any atom is 0.511 e. The van der Waals surface area contributed by atoms with E-state index in [0.717, 1.165) is 6.07 Å². The van der Waals surface area contributed by atoms with E-state index in [0.29, 0.717) is 0 Å². The average molecular weight is 316 g/mol. The van der Waals surface area contributed by atoms with Crippen LogP contribution in [0.1, 0.15) is 31.8 Å². The van der Waals surface area contributed by atoms with E-state index in [1.54, 1.807) is 0 Å². The predicted molar refractivity (Wildman–Crippen MR) is 73.4 cm³/mol. The molecule has 8 heteroatoms. The third-order valence-electron chi connectivity index (χ3n) is 3.42. The summed E-state index contributed by atoms with van der Waals surface area (Å²) >= 11 is 0. The zero-order chi connectivity index (χ0) is 16.9. The first-order chi connectivity index (χ1) is 10.8. The summed E-state index contributed by atoms with van der Waals surface area (Å²) in [5.41, 5.74) is -1.26. The molecule has 0 bridgehead atoms. The number of ether oxygens (including phenoxy) is 1. The molecule has 0 amide bonds. The van der Waals surface area contributed by atoms with Crippen molar-refractivity contribution in [1.29, 1.82) is 0 Å². The van der Waals surface area contributed by atoms with Gasteiger partial charge in [-0.05, 0) is 12.1 Å². The molecule has 23 heavy (non-hydrogen) atoms. The van der Waals surface area contributed by atoms with Gasteiger partial charge in [-0.25, -0.2) is 4.79 Å². The van der Waals surface area contributed by atoms with Gasteiger partial charge in [0.25, 0.3) is 0 Å². The molecule has 2 aromatic rings. The molecular weight excluding hydrogens is 308 g/mol. The van der Waals surface area contributed by atoms with Crippen LogP contribution in [0.5, 0.6) is 23.0 Å². The number of carbonyl (C=O) groups excluding carboxylic acids is 2. The lowest BCUT2D eigenvalue weighted by Crippen LogP contribution is -2.21. The molecule has 0 aromatic heterocycles. The van der Waals surface area contributed by atoms with E-state index in [9.17, 15) is 29.7 Å². The van der Waals surface area contributed by atoms with Gasteiger partial charge in [-0.15, -0.1) is 0 Å². The molecule has 0 saturated carbocycles. The van der Waals surface area contributed by atoms with E-state index in [1.165, 1.54) is 18.2 Å². The fourth-order valence-corrected chi connectivity index (χ4v) is 2.45. The number of fused-ring (bicyclic) bond motifs is 2. The molecule has 116 valence electrons. The van der Waals surface area contributed by atoms with Crippen molar-refractivity contribution in [1.82, 2.24) is 0 Å². The van der Waals surface area contributed by atoms with Crippen molar-refractivity contribution >= 4 is 17.7 Å². The molecule has 0 saturated heterocycles. The van der Waals surface area contributed by atoms with Crippen LogP contribution in [0.15, 0.2) is 24.3 Å². The minimum absolute atomic E-state index is 0.135. The van der Waals surface area contributed by atoms with Gasteiger partial charge in [0.1, 0.15) is 5.75 Å². The van der Waals surface area contributed by atoms with Gasteiger partial charge in [-0.1, -0.05) is 12.1 Å². The van der Waals surface area contributed by atoms with E-state index >= 15 is 0 Å². The number of aromatic hydroxyl groups is 3. The second kappa shape index (κ2) is 4.73. The number of carbonyl (C=O) groups is 3. The van der Waals surface area contributed by atoms with Crippen molar-refractivity contribution in [2.24, 2.45) is 0 Å². The lowest BCUT2D eigenvalue weighted by atomic mass is 9.82. The van der Waals surface area contributed by atoms with Crippen LogP contribution in [0.25, 0.3) is 0 Å². The summed E-state index contributed by atoms with van der Waals surface area (Å²) in [4.78, 5) is 35.5. The number of phenolic OH excluding ortho intramolecular Hbond substituents is 3. The van der Waals surface area contributed by atoms with Crippen molar-refractivity contribution in [3.8, 4) is 23.0 Å². The highest BCUT2D eigenvalue weighted by Gasteiger charge is 2.36. The van der Waals surface area contributed by atoms with Crippen LogP contribution in [-0.2, 0) is 0 Å². The highest BCUT2D eigenvalue weighted by Crippen LogP contribution is 2.45. The van der Waals surface area contributed by atoms with Crippen LogP contribution in [0.4, 0.5) is 4.79 Å². The minimum Gasteiger partial charge on any atom is -0.507 e. The fraction of sp³-hybridized carbons (Fsp3) is 0. The first-order valence-corrected chi connectivity index (χ1v) is 6.24. The molecule has 1 aliphatic rings. The van der Waals surface area contributed by atoms with Crippen LogP contribution in [0.3, 0.4) is 0 Å². The van der Waals surface area contributed by atoms with E-state index in [1.807, 2.05) is 0 Å². The lowest BCUT2D eigenvalue weighted by Gasteiger charge is -2.20. The number of hydrogen-bond acceptors (Lipinski definition) is 7. The maximum atomic E-state index is 12.5. The highest BCUT2D eigenvalue weighted by molar-refractivity contribution is 6.30. The monoisotopic (exact) mass is 316 g/mol. The second-order valence-electron chi connectivity index (χ2n) is 4.72. The molecule has 0 unspecified atom stereocenters. The second-order valence-corrected chi connectivity index (χ2v) is 4.72. The van der Waals surface area contributed by atoms with Gasteiger partial charge >= 0.3 is 6.16 Å². The first kappa shape index (κ1) is 14.4. The maximum absolute atomic E-state index is 12.5. The Kier molecular flexibility index (Phi) is 2.96. The molecule has 0 heterocycles. The Hall–Kier alpha value is -3.55. The standard InChI is InChI=1S/C15H8O8/c16-7-3-1-2-5-9(7)12(18)6-4-8(23-15(21)22)13(19)14(20)10(6)11(5)17/h1-4,16,19-20H,(H,21,22). The van der Waals surface area contributed by atoms with E-state index < -0.39 is 46.3 Å². The molecule has 0 spiro atoms. The molecule has 0 radical (unpaired) electrons. The molecule has 4 N–H and O–H groups in total. The molecule has 0 aliphatic heterocycles. The highest BCUT2D eigenvalue weighted by atomic mass is 16.7. The van der Waals surface area contributed by atoms with E-state index in [4.69, 9.17) is 5.11 Å². The van der Waals surface area contributed by atoms with Gasteiger partial charge in [0.05, 0.1) is 11.1 Å². The number of phenols is 3. The van der Waals surface area contributed by atoms with Gasteiger partial charge in [-0.2, -0.15) is 0 Å². The van der Waals surface area contributed by atoms with Crippen LogP contribution in [0.2, 0.25) is 0 Å². The Morgan fingerprint density at radius 2 is 1.57 bits per heavy atom. The van der Waals surface area contributed by atoms with E-state index in [2.05, 4.69) is 4.74 Å².